The normalized spacial score (nSPS) is 10.1. The Morgan fingerprint density at radius 1 is 1.06 bits per heavy atom. The maximum Gasteiger partial charge on any atom is 0.299 e. The number of hydrazine groups is 1. The molecule has 0 atom stereocenters. The fourth-order valence-electron chi connectivity index (χ4n) is 1.91. The van der Waals surface area contributed by atoms with Crippen LogP contribution in [0.5, 0.6) is 0 Å². The van der Waals surface area contributed by atoms with Crippen LogP contribution in [0.15, 0.2) is 0 Å². The van der Waals surface area contributed by atoms with Crippen molar-refractivity contribution in [2.45, 2.75) is 6.54 Å². The number of hydrogen-bond acceptors (Lipinski definition) is 2. The topological polar surface area (TPSA) is 59.0 Å². The van der Waals surface area contributed by atoms with E-state index in [2.05, 4.69) is 29.0 Å². The monoisotopic (exact) mass is 212 g/mol. The third kappa shape index (κ3) is 2.19. The van der Waals surface area contributed by atoms with Crippen molar-refractivity contribution in [3.63, 3.8) is 0 Å². The second-order valence-corrected chi connectivity index (χ2v) is 4.20. The highest BCUT2D eigenvalue weighted by Gasteiger charge is 2.19. The highest BCUT2D eigenvalue weighted by molar-refractivity contribution is 6.64. The molecule has 0 spiro atoms. The molecule has 0 aliphatic heterocycles. The predicted octanol–water partition coefficient (Wildman–Crippen LogP) is -9.74. The molecule has 0 saturated heterocycles. The van der Waals surface area contributed by atoms with Gasteiger partial charge in [-0.05, 0) is 10.9 Å². The van der Waals surface area contributed by atoms with Crippen molar-refractivity contribution in [1.82, 2.24) is 5.43 Å². The fraction of sp³-hybridized carbons (Fsp3) is 0.143. The van der Waals surface area contributed by atoms with Crippen molar-refractivity contribution in [3.8, 4) is 0 Å². The Labute approximate surface area is 100 Å². The van der Waals surface area contributed by atoms with E-state index in [1.807, 2.05) is 20.3 Å². The highest BCUT2D eigenvalue weighted by atomic mass is 16.2. The number of nitrogens with two attached hydrogens (primary N) is 1. The first kappa shape index (κ1) is 13.0. The van der Waals surface area contributed by atoms with Gasteiger partial charge in [-0.1, -0.05) is 5.46 Å². The van der Waals surface area contributed by atoms with E-state index in [0.717, 1.165) is 11.2 Å². The number of rotatable bonds is 2. The van der Waals surface area contributed by atoms with Crippen LogP contribution in [-0.4, -0.2) is 45.1 Å². The Morgan fingerprint density at radius 3 is 1.88 bits per heavy atom. The number of nitrogens with one attached hydrogen (secondary N) is 1. The molecule has 1 amide bonds. The Bertz CT molecular complexity index is 421. The zero-order valence-corrected chi connectivity index (χ0v) is 10.6. The number of pyridine rings is 1. The van der Waals surface area contributed by atoms with E-state index >= 15 is 0 Å². The molecule has 1 rings (SSSR count). The Hall–Kier alpha value is -1.10. The minimum Gasteiger partial charge on any atom is -0.289 e. The average molecular weight is 211 g/mol. The van der Waals surface area contributed by atoms with E-state index < -0.39 is 0 Å². The molecule has 0 radical (unpaired) electrons. The molecule has 9 heteroatoms. The molecule has 78 valence electrons. The zero-order valence-electron chi connectivity index (χ0n) is 10.6. The minimum atomic E-state index is -0.182. The highest BCUT2D eigenvalue weighted by Crippen LogP contribution is 1.64. The van der Waals surface area contributed by atoms with E-state index in [1.165, 1.54) is 16.4 Å². The van der Waals surface area contributed by atoms with Crippen molar-refractivity contribution in [3.05, 3.63) is 0 Å². The molecular weight excluding hydrogens is 196 g/mol. The van der Waals surface area contributed by atoms with Gasteiger partial charge in [0.25, 0.3) is 5.91 Å². The summed E-state index contributed by atoms with van der Waals surface area (Å²) in [5.41, 5.74) is 8.14. The van der Waals surface area contributed by atoms with Gasteiger partial charge in [0.05, 0.1) is 0 Å². The third-order valence-corrected chi connectivity index (χ3v) is 3.48. The van der Waals surface area contributed by atoms with Crippen molar-refractivity contribution in [2.75, 3.05) is 0 Å². The molecule has 16 heavy (non-hydrogen) atoms. The maximum absolute atomic E-state index is 11.3. The van der Waals surface area contributed by atoms with Crippen molar-refractivity contribution < 1.29 is 9.36 Å². The van der Waals surface area contributed by atoms with Crippen LogP contribution in [0.1, 0.15) is 0 Å². The Kier molecular flexibility index (Phi) is 3.91. The lowest BCUT2D eigenvalue weighted by Crippen LogP contribution is -2.75. The van der Waals surface area contributed by atoms with Crippen LogP contribution in [0.25, 0.3) is 0 Å². The van der Waals surface area contributed by atoms with Crippen LogP contribution in [-0.2, 0) is 11.3 Å². The second kappa shape index (κ2) is 4.83. The van der Waals surface area contributed by atoms with Crippen LogP contribution < -0.4 is 43.4 Å². The van der Waals surface area contributed by atoms with Crippen LogP contribution in [0.3, 0.4) is 0 Å². The molecule has 0 unspecified atom stereocenters. The van der Waals surface area contributed by atoms with Gasteiger partial charge in [-0.2, -0.15) is 0 Å². The lowest BCUT2D eigenvalue weighted by molar-refractivity contribution is -0.648. The molecule has 0 aliphatic carbocycles. The molecular formula is C7H15B5N3O+. The summed E-state index contributed by atoms with van der Waals surface area (Å²) in [6.45, 7) is 0.274. The third-order valence-electron chi connectivity index (χ3n) is 3.48. The number of amides is 1. The lowest BCUT2D eigenvalue weighted by Gasteiger charge is -2.13. The number of carbonyl (C=O) groups is 1. The molecule has 0 fully saturated rings. The smallest absolute Gasteiger partial charge is 0.289 e. The molecule has 0 bridgehead atoms. The number of hydrogen-bond donors (Lipinski definition) is 2. The zero-order chi connectivity index (χ0) is 12.5. The summed E-state index contributed by atoms with van der Waals surface area (Å²) in [6, 6.07) is 0. The SMILES string of the molecule is Bc1c(B)c(B)[n+](CC(=O)NN)c(B)c1B. The first-order chi connectivity index (χ1) is 7.40. The summed E-state index contributed by atoms with van der Waals surface area (Å²) in [5, 5.41) is 0. The van der Waals surface area contributed by atoms with Crippen LogP contribution >= 0.6 is 0 Å². The van der Waals surface area contributed by atoms with E-state index in [-0.39, 0.29) is 12.5 Å². The van der Waals surface area contributed by atoms with Crippen LogP contribution in [0.2, 0.25) is 0 Å². The van der Waals surface area contributed by atoms with Gasteiger partial charge >= 0.3 is 0 Å². The fourth-order valence-corrected chi connectivity index (χ4v) is 1.91. The summed E-state index contributed by atoms with van der Waals surface area (Å²) >= 11 is 0. The average Bonchev–Trinajstić information content (AvgIpc) is 2.29. The molecule has 0 aromatic carbocycles. The first-order valence-corrected chi connectivity index (χ1v) is 5.36. The molecule has 1 aromatic heterocycles. The van der Waals surface area contributed by atoms with Gasteiger partial charge in [-0.3, -0.25) is 10.2 Å². The number of carbonyl (C=O) groups excluding carboxylic acids is 1. The Balaban J connectivity index is 3.34. The summed E-state index contributed by atoms with van der Waals surface area (Å²) in [4.78, 5) is 11.3. The lowest BCUT2D eigenvalue weighted by atomic mass is 9.66. The van der Waals surface area contributed by atoms with Crippen LogP contribution in [0.4, 0.5) is 0 Å². The van der Waals surface area contributed by atoms with Crippen molar-refractivity contribution >= 4 is 72.7 Å². The first-order valence-electron chi connectivity index (χ1n) is 5.36. The predicted molar refractivity (Wildman–Crippen MR) is 79.9 cm³/mol. The van der Waals surface area contributed by atoms with Gasteiger partial charge in [0.15, 0.2) is 0 Å². The molecule has 1 aromatic rings. The number of aromatic nitrogens is 1. The van der Waals surface area contributed by atoms with E-state index in [4.69, 9.17) is 5.84 Å². The summed E-state index contributed by atoms with van der Waals surface area (Å²) in [5.74, 6) is 4.93. The van der Waals surface area contributed by atoms with Gasteiger partial charge in [-0.15, -0.1) is 0 Å². The maximum atomic E-state index is 11.3. The summed E-state index contributed by atoms with van der Waals surface area (Å²) in [6.07, 6.45) is 0. The van der Waals surface area contributed by atoms with Gasteiger partial charge in [-0.25, -0.2) is 10.4 Å². The van der Waals surface area contributed by atoms with E-state index in [9.17, 15) is 4.79 Å². The summed E-state index contributed by atoms with van der Waals surface area (Å²) < 4.78 is 2.00. The number of nitrogens with zero attached hydrogens (tertiary/aromatic N) is 1. The second-order valence-electron chi connectivity index (χ2n) is 4.20. The standard InChI is InChI=1S/C7H14B5N3O/c8-3-4(9)6(11)15(1-2(16)14-13)7(12)5(3)10/h1,8-13H2/p+1. The van der Waals surface area contributed by atoms with Crippen LogP contribution in [0, 0.1) is 0 Å². The molecule has 3 N–H and O–H groups in total. The van der Waals surface area contributed by atoms with E-state index in [1.54, 1.807) is 0 Å². The summed E-state index contributed by atoms with van der Waals surface area (Å²) in [7, 11) is 10.3. The van der Waals surface area contributed by atoms with Crippen molar-refractivity contribution in [1.29, 1.82) is 0 Å². The molecule has 0 aliphatic rings. The quantitative estimate of drug-likeness (QED) is 0.168. The van der Waals surface area contributed by atoms with Gasteiger partial charge < -0.3 is 0 Å². The molecule has 0 saturated carbocycles. The van der Waals surface area contributed by atoms with E-state index in [0.29, 0.717) is 0 Å². The largest absolute Gasteiger partial charge is 0.299 e. The molecule has 4 nitrogen and oxygen atoms in total. The van der Waals surface area contributed by atoms with Gasteiger partial charge in [0.1, 0.15) is 34.7 Å². The van der Waals surface area contributed by atoms with Crippen molar-refractivity contribution in [2.24, 2.45) is 5.84 Å². The minimum absolute atomic E-state index is 0.182. The molecule has 1 heterocycles. The van der Waals surface area contributed by atoms with Gasteiger partial charge in [0.2, 0.25) is 22.2 Å². The Morgan fingerprint density at radius 2 is 1.50 bits per heavy atom. The van der Waals surface area contributed by atoms with Gasteiger partial charge in [0, 0.05) is 0 Å².